The second-order valence-electron chi connectivity index (χ2n) is 7.28. The number of nitrogens with zero attached hydrogens (tertiary/aromatic N) is 2. The lowest BCUT2D eigenvalue weighted by Crippen LogP contribution is -2.33. The van der Waals surface area contributed by atoms with Gasteiger partial charge in [-0.15, -0.1) is 0 Å². The standard InChI is InChI=1S/C23H23ClN2O5S/c1-15-18(24)6-4-8-21(15)32(27,28)26-10-11-31-23-17(14-26)12-16(13-20(23)29-2)19-7-5-9-22(25-19)30-3/h4-9,12-13H,10-11,14H2,1-3H3. The van der Waals surface area contributed by atoms with Crippen LogP contribution in [0.15, 0.2) is 53.4 Å². The zero-order valence-electron chi connectivity index (χ0n) is 18.0. The van der Waals surface area contributed by atoms with Crippen LogP contribution in [0.25, 0.3) is 11.3 Å². The highest BCUT2D eigenvalue weighted by Gasteiger charge is 2.31. The molecular formula is C23H23ClN2O5S. The van der Waals surface area contributed by atoms with Crippen molar-refractivity contribution in [1.29, 1.82) is 0 Å². The highest BCUT2D eigenvalue weighted by molar-refractivity contribution is 7.89. The van der Waals surface area contributed by atoms with E-state index in [4.69, 9.17) is 25.8 Å². The molecule has 0 fully saturated rings. The summed E-state index contributed by atoms with van der Waals surface area (Å²) in [7, 11) is -0.691. The first-order chi connectivity index (χ1) is 15.3. The maximum atomic E-state index is 13.5. The molecule has 0 unspecified atom stereocenters. The summed E-state index contributed by atoms with van der Waals surface area (Å²) in [5, 5.41) is 0.408. The Bertz CT molecular complexity index is 1260. The lowest BCUT2D eigenvalue weighted by molar-refractivity contribution is 0.279. The Hall–Kier alpha value is -2.81. The van der Waals surface area contributed by atoms with Crippen LogP contribution in [0.4, 0.5) is 0 Å². The predicted octanol–water partition coefficient (Wildman–Crippen LogP) is 4.31. The monoisotopic (exact) mass is 474 g/mol. The molecule has 1 aliphatic heterocycles. The molecule has 4 rings (SSSR count). The average molecular weight is 475 g/mol. The van der Waals surface area contributed by atoms with Gasteiger partial charge >= 0.3 is 0 Å². The lowest BCUT2D eigenvalue weighted by atomic mass is 10.1. The van der Waals surface area contributed by atoms with Gasteiger partial charge in [0, 0.05) is 35.3 Å². The fourth-order valence-corrected chi connectivity index (χ4v) is 5.54. The zero-order valence-corrected chi connectivity index (χ0v) is 19.5. The zero-order chi connectivity index (χ0) is 22.9. The van der Waals surface area contributed by atoms with Crippen LogP contribution in [-0.4, -0.2) is 45.1 Å². The maximum absolute atomic E-state index is 13.5. The van der Waals surface area contributed by atoms with Gasteiger partial charge in [-0.2, -0.15) is 4.31 Å². The van der Waals surface area contributed by atoms with Crippen molar-refractivity contribution in [2.24, 2.45) is 0 Å². The molecule has 0 radical (unpaired) electrons. The number of hydrogen-bond acceptors (Lipinski definition) is 6. The SMILES string of the molecule is COc1cccc(-c2cc3c(c(OC)c2)OCCN(S(=O)(=O)c2cccc(Cl)c2C)C3)n1. The Morgan fingerprint density at radius 2 is 1.88 bits per heavy atom. The smallest absolute Gasteiger partial charge is 0.243 e. The Morgan fingerprint density at radius 1 is 1.09 bits per heavy atom. The number of hydrogen-bond donors (Lipinski definition) is 0. The van der Waals surface area contributed by atoms with Crippen LogP contribution in [0.3, 0.4) is 0 Å². The fourth-order valence-electron chi connectivity index (χ4n) is 3.66. The number of benzene rings is 2. The van der Waals surface area contributed by atoms with E-state index in [9.17, 15) is 8.42 Å². The lowest BCUT2D eigenvalue weighted by Gasteiger charge is -2.21. The molecule has 9 heteroatoms. The maximum Gasteiger partial charge on any atom is 0.243 e. The molecular weight excluding hydrogens is 452 g/mol. The van der Waals surface area contributed by atoms with E-state index in [1.165, 1.54) is 4.31 Å². The van der Waals surface area contributed by atoms with E-state index in [0.717, 1.165) is 5.56 Å². The Balaban J connectivity index is 1.78. The van der Waals surface area contributed by atoms with Crippen molar-refractivity contribution in [2.45, 2.75) is 18.4 Å². The number of fused-ring (bicyclic) bond motifs is 1. The fraction of sp³-hybridized carbons (Fsp3) is 0.261. The first-order valence-electron chi connectivity index (χ1n) is 9.95. The summed E-state index contributed by atoms with van der Waals surface area (Å²) in [6.45, 7) is 2.21. The van der Waals surface area contributed by atoms with Crippen molar-refractivity contribution in [3.05, 3.63) is 64.7 Å². The molecule has 0 atom stereocenters. The minimum absolute atomic E-state index is 0.123. The van der Waals surface area contributed by atoms with Crippen LogP contribution in [0.1, 0.15) is 11.1 Å². The number of sulfonamides is 1. The highest BCUT2D eigenvalue weighted by atomic mass is 35.5. The van der Waals surface area contributed by atoms with E-state index in [1.807, 2.05) is 24.3 Å². The topological polar surface area (TPSA) is 78.0 Å². The van der Waals surface area contributed by atoms with Crippen molar-refractivity contribution in [1.82, 2.24) is 9.29 Å². The number of ether oxygens (including phenoxy) is 3. The number of rotatable bonds is 5. The largest absolute Gasteiger partial charge is 0.493 e. The van der Waals surface area contributed by atoms with Gasteiger partial charge in [0.25, 0.3) is 0 Å². The molecule has 0 aliphatic carbocycles. The van der Waals surface area contributed by atoms with Crippen molar-refractivity contribution >= 4 is 21.6 Å². The van der Waals surface area contributed by atoms with Gasteiger partial charge in [-0.3, -0.25) is 0 Å². The first-order valence-corrected chi connectivity index (χ1v) is 11.8. The van der Waals surface area contributed by atoms with Gasteiger partial charge in [0.15, 0.2) is 11.5 Å². The molecule has 0 bridgehead atoms. The summed E-state index contributed by atoms with van der Waals surface area (Å²) >= 11 is 6.18. The van der Waals surface area contributed by atoms with Crippen LogP contribution in [0.2, 0.25) is 5.02 Å². The molecule has 2 aromatic carbocycles. The Labute approximate surface area is 192 Å². The highest BCUT2D eigenvalue weighted by Crippen LogP contribution is 2.39. The summed E-state index contributed by atoms with van der Waals surface area (Å²) in [6.07, 6.45) is 0. The molecule has 1 aliphatic rings. The molecule has 32 heavy (non-hydrogen) atoms. The van der Waals surface area contributed by atoms with Gasteiger partial charge in [-0.25, -0.2) is 13.4 Å². The Kier molecular flexibility index (Phi) is 6.28. The van der Waals surface area contributed by atoms with Crippen molar-refractivity contribution in [3.63, 3.8) is 0 Å². The molecule has 0 saturated carbocycles. The van der Waals surface area contributed by atoms with Crippen LogP contribution < -0.4 is 14.2 Å². The van der Waals surface area contributed by atoms with Crippen LogP contribution in [-0.2, 0) is 16.6 Å². The quantitative estimate of drug-likeness (QED) is 0.548. The minimum atomic E-state index is -3.80. The van der Waals surface area contributed by atoms with Gasteiger partial charge in [0.2, 0.25) is 15.9 Å². The van der Waals surface area contributed by atoms with Gasteiger partial charge < -0.3 is 14.2 Å². The van der Waals surface area contributed by atoms with E-state index in [1.54, 1.807) is 45.4 Å². The van der Waals surface area contributed by atoms with Crippen LogP contribution in [0.5, 0.6) is 17.4 Å². The number of halogens is 1. The summed E-state index contributed by atoms with van der Waals surface area (Å²) < 4.78 is 45.0. The second kappa shape index (κ2) is 8.97. The van der Waals surface area contributed by atoms with Crippen LogP contribution in [0, 0.1) is 6.92 Å². The van der Waals surface area contributed by atoms with Crippen LogP contribution >= 0.6 is 11.6 Å². The van der Waals surface area contributed by atoms with Crippen molar-refractivity contribution in [3.8, 4) is 28.6 Å². The first kappa shape index (κ1) is 22.4. The van der Waals surface area contributed by atoms with E-state index in [0.29, 0.717) is 39.2 Å². The third-order valence-corrected chi connectivity index (χ3v) is 7.75. The van der Waals surface area contributed by atoms with E-state index >= 15 is 0 Å². The van der Waals surface area contributed by atoms with Gasteiger partial charge in [-0.1, -0.05) is 23.7 Å². The normalized spacial score (nSPS) is 14.2. The van der Waals surface area contributed by atoms with Gasteiger partial charge in [-0.05, 0) is 42.8 Å². The summed E-state index contributed by atoms with van der Waals surface area (Å²) in [6, 6.07) is 14.0. The minimum Gasteiger partial charge on any atom is -0.493 e. The molecule has 0 N–H and O–H groups in total. The van der Waals surface area contributed by atoms with Crippen molar-refractivity contribution < 1.29 is 22.6 Å². The van der Waals surface area contributed by atoms with Gasteiger partial charge in [0.05, 0.1) is 24.8 Å². The molecule has 3 aromatic rings. The third kappa shape index (κ3) is 4.13. The number of aromatic nitrogens is 1. The summed E-state index contributed by atoms with van der Waals surface area (Å²) in [5.74, 6) is 1.52. The summed E-state index contributed by atoms with van der Waals surface area (Å²) in [4.78, 5) is 4.67. The molecule has 0 spiro atoms. The number of pyridine rings is 1. The molecule has 0 amide bonds. The molecule has 168 valence electrons. The molecule has 2 heterocycles. The van der Waals surface area contributed by atoms with E-state index < -0.39 is 10.0 Å². The van der Waals surface area contributed by atoms with Gasteiger partial charge in [0.1, 0.15) is 6.61 Å². The summed E-state index contributed by atoms with van der Waals surface area (Å²) in [5.41, 5.74) is 2.65. The van der Waals surface area contributed by atoms with Crippen molar-refractivity contribution in [2.75, 3.05) is 27.4 Å². The molecule has 1 aromatic heterocycles. The molecule has 0 saturated heterocycles. The predicted molar refractivity (Wildman–Crippen MR) is 122 cm³/mol. The number of methoxy groups -OCH3 is 2. The Morgan fingerprint density at radius 3 is 2.62 bits per heavy atom. The van der Waals surface area contributed by atoms with E-state index in [2.05, 4.69) is 4.98 Å². The second-order valence-corrected chi connectivity index (χ2v) is 9.60. The van der Waals surface area contributed by atoms with E-state index in [-0.39, 0.29) is 24.6 Å². The third-order valence-electron chi connectivity index (χ3n) is 5.35. The molecule has 7 nitrogen and oxygen atoms in total. The average Bonchev–Trinajstić information content (AvgIpc) is 3.03.